The minimum Gasteiger partial charge on any atom is -0.396 e. The molecule has 1 aromatic carbocycles. The maximum absolute atomic E-state index is 11.7. The molecule has 1 rings (SSSR count). The Bertz CT molecular complexity index is 514. The molecular formula is C9H10Cl2N2O2S. The lowest BCUT2D eigenvalue weighted by Gasteiger charge is -2.09. The molecule has 0 bridgehead atoms. The van der Waals surface area contributed by atoms with Crippen LogP contribution in [0.4, 0.5) is 5.69 Å². The van der Waals surface area contributed by atoms with Gasteiger partial charge < -0.3 is 5.73 Å². The van der Waals surface area contributed by atoms with E-state index in [1.807, 2.05) is 0 Å². The first-order valence-electron chi connectivity index (χ1n) is 4.24. The summed E-state index contributed by atoms with van der Waals surface area (Å²) >= 11 is 11.5. The quantitative estimate of drug-likeness (QED) is 0.655. The molecule has 7 heteroatoms. The number of rotatable bonds is 4. The zero-order valence-electron chi connectivity index (χ0n) is 8.20. The van der Waals surface area contributed by atoms with Gasteiger partial charge in [-0.15, -0.1) is 6.58 Å². The van der Waals surface area contributed by atoms with E-state index in [9.17, 15) is 8.42 Å². The first-order valence-corrected chi connectivity index (χ1v) is 6.48. The van der Waals surface area contributed by atoms with Crippen molar-refractivity contribution in [3.8, 4) is 0 Å². The molecule has 0 saturated carbocycles. The predicted molar refractivity (Wildman–Crippen MR) is 66.3 cm³/mol. The second-order valence-electron chi connectivity index (χ2n) is 2.91. The largest absolute Gasteiger partial charge is 0.396 e. The van der Waals surface area contributed by atoms with Crippen LogP contribution in [0, 0.1) is 0 Å². The zero-order chi connectivity index (χ0) is 12.3. The van der Waals surface area contributed by atoms with E-state index in [1.165, 1.54) is 18.2 Å². The third-order valence-electron chi connectivity index (χ3n) is 1.80. The van der Waals surface area contributed by atoms with Gasteiger partial charge in [0, 0.05) is 6.54 Å². The van der Waals surface area contributed by atoms with E-state index in [0.29, 0.717) is 0 Å². The van der Waals surface area contributed by atoms with Gasteiger partial charge in [0.15, 0.2) is 0 Å². The maximum atomic E-state index is 11.7. The summed E-state index contributed by atoms with van der Waals surface area (Å²) in [7, 11) is -3.68. The lowest BCUT2D eigenvalue weighted by atomic mass is 10.3. The minimum atomic E-state index is -3.68. The maximum Gasteiger partial charge on any atom is 0.242 e. The van der Waals surface area contributed by atoms with Crippen LogP contribution in [0.3, 0.4) is 0 Å². The van der Waals surface area contributed by atoms with E-state index in [2.05, 4.69) is 11.3 Å². The molecule has 0 radical (unpaired) electrons. The highest BCUT2D eigenvalue weighted by Gasteiger charge is 2.19. The van der Waals surface area contributed by atoms with Gasteiger partial charge in [0.1, 0.15) is 4.90 Å². The molecule has 0 spiro atoms. The fourth-order valence-corrected chi connectivity index (χ4v) is 2.76. The standard InChI is InChI=1S/C9H10Cl2N2O2S/c1-2-5-13-16(14,15)7-4-3-6(10)9(12)8(7)11/h2-4,13H,1,5,12H2. The van der Waals surface area contributed by atoms with Gasteiger partial charge in [-0.05, 0) is 12.1 Å². The summed E-state index contributed by atoms with van der Waals surface area (Å²) in [6.07, 6.45) is 1.42. The Labute approximate surface area is 104 Å². The molecule has 0 unspecified atom stereocenters. The zero-order valence-corrected chi connectivity index (χ0v) is 10.5. The molecule has 16 heavy (non-hydrogen) atoms. The second kappa shape index (κ2) is 5.05. The van der Waals surface area contributed by atoms with Crippen LogP contribution in [-0.2, 0) is 10.0 Å². The lowest BCUT2D eigenvalue weighted by molar-refractivity contribution is 0.586. The third-order valence-corrected chi connectivity index (χ3v) is 4.11. The summed E-state index contributed by atoms with van der Waals surface area (Å²) in [5, 5.41) is 0.136. The van der Waals surface area contributed by atoms with Crippen LogP contribution in [0.5, 0.6) is 0 Å². The smallest absolute Gasteiger partial charge is 0.242 e. The molecule has 0 aliphatic heterocycles. The molecule has 3 N–H and O–H groups in total. The number of nitrogens with one attached hydrogen (secondary N) is 1. The Hall–Kier alpha value is -0.750. The van der Waals surface area contributed by atoms with E-state index in [-0.39, 0.29) is 27.2 Å². The fourth-order valence-electron chi connectivity index (χ4n) is 1.00. The van der Waals surface area contributed by atoms with Crippen molar-refractivity contribution in [2.75, 3.05) is 12.3 Å². The van der Waals surface area contributed by atoms with Gasteiger partial charge in [-0.25, -0.2) is 13.1 Å². The van der Waals surface area contributed by atoms with Crippen molar-refractivity contribution in [1.82, 2.24) is 4.72 Å². The molecule has 4 nitrogen and oxygen atoms in total. The Morgan fingerprint density at radius 3 is 2.62 bits per heavy atom. The van der Waals surface area contributed by atoms with Crippen molar-refractivity contribution in [3.05, 3.63) is 34.8 Å². The van der Waals surface area contributed by atoms with Gasteiger partial charge in [-0.3, -0.25) is 0 Å². The topological polar surface area (TPSA) is 72.2 Å². The van der Waals surface area contributed by atoms with Crippen LogP contribution in [0.15, 0.2) is 29.7 Å². The van der Waals surface area contributed by atoms with Gasteiger partial charge in [0.2, 0.25) is 10.0 Å². The predicted octanol–water partition coefficient (Wildman–Crippen LogP) is 2.04. The summed E-state index contributed by atoms with van der Waals surface area (Å²) in [6, 6.07) is 2.68. The number of halogens is 2. The number of sulfonamides is 1. The Balaban J connectivity index is 3.24. The molecule has 1 aromatic rings. The molecule has 0 aliphatic carbocycles. The molecule has 0 atom stereocenters. The second-order valence-corrected chi connectivity index (χ2v) is 5.43. The molecule has 0 aliphatic rings. The van der Waals surface area contributed by atoms with Crippen molar-refractivity contribution >= 4 is 38.9 Å². The number of nitrogens with two attached hydrogens (primary N) is 1. The molecular weight excluding hydrogens is 271 g/mol. The highest BCUT2D eigenvalue weighted by molar-refractivity contribution is 7.89. The highest BCUT2D eigenvalue weighted by atomic mass is 35.5. The number of benzene rings is 1. The van der Waals surface area contributed by atoms with Crippen molar-refractivity contribution in [2.24, 2.45) is 0 Å². The molecule has 0 aromatic heterocycles. The van der Waals surface area contributed by atoms with Crippen molar-refractivity contribution in [3.63, 3.8) is 0 Å². The van der Waals surface area contributed by atoms with Crippen molar-refractivity contribution < 1.29 is 8.42 Å². The van der Waals surface area contributed by atoms with Gasteiger partial charge in [0.25, 0.3) is 0 Å². The molecule has 0 fully saturated rings. The van der Waals surface area contributed by atoms with E-state index in [1.54, 1.807) is 0 Å². The van der Waals surface area contributed by atoms with Gasteiger partial charge >= 0.3 is 0 Å². The van der Waals surface area contributed by atoms with E-state index < -0.39 is 10.0 Å². The molecule has 0 amide bonds. The first-order chi connectivity index (χ1) is 7.40. The Morgan fingerprint density at radius 2 is 2.06 bits per heavy atom. The number of nitrogen functional groups attached to an aromatic ring is 1. The van der Waals surface area contributed by atoms with E-state index in [0.717, 1.165) is 0 Å². The highest BCUT2D eigenvalue weighted by Crippen LogP contribution is 2.32. The number of hydrogen-bond donors (Lipinski definition) is 2. The minimum absolute atomic E-state index is 0.0461. The van der Waals surface area contributed by atoms with Crippen LogP contribution in [0.1, 0.15) is 0 Å². The van der Waals surface area contributed by atoms with Gasteiger partial charge in [-0.2, -0.15) is 0 Å². The first kappa shape index (κ1) is 13.3. The SMILES string of the molecule is C=CCNS(=O)(=O)c1ccc(Cl)c(N)c1Cl. The summed E-state index contributed by atoms with van der Waals surface area (Å²) in [4.78, 5) is -0.0992. The van der Waals surface area contributed by atoms with Crippen LogP contribution in [-0.4, -0.2) is 15.0 Å². The summed E-state index contributed by atoms with van der Waals surface area (Å²) in [6.45, 7) is 3.52. The van der Waals surface area contributed by atoms with Crippen molar-refractivity contribution in [1.29, 1.82) is 0 Å². The Kier molecular flexibility index (Phi) is 4.21. The van der Waals surface area contributed by atoms with Gasteiger partial charge in [-0.1, -0.05) is 29.3 Å². The van der Waals surface area contributed by atoms with Crippen LogP contribution < -0.4 is 10.5 Å². The van der Waals surface area contributed by atoms with Gasteiger partial charge in [0.05, 0.1) is 15.7 Å². The average Bonchev–Trinajstić information content (AvgIpc) is 2.23. The molecule has 0 heterocycles. The summed E-state index contributed by atoms with van der Waals surface area (Å²) in [5.74, 6) is 0. The summed E-state index contributed by atoms with van der Waals surface area (Å²) in [5.41, 5.74) is 5.58. The third kappa shape index (κ3) is 2.68. The Morgan fingerprint density at radius 1 is 1.44 bits per heavy atom. The van der Waals surface area contributed by atoms with E-state index >= 15 is 0 Å². The van der Waals surface area contributed by atoms with Crippen LogP contribution in [0.2, 0.25) is 10.0 Å². The van der Waals surface area contributed by atoms with Crippen LogP contribution in [0.25, 0.3) is 0 Å². The molecule has 88 valence electrons. The molecule has 0 saturated heterocycles. The van der Waals surface area contributed by atoms with Crippen LogP contribution >= 0.6 is 23.2 Å². The average molecular weight is 281 g/mol. The monoisotopic (exact) mass is 280 g/mol. The fraction of sp³-hybridized carbons (Fsp3) is 0.111. The van der Waals surface area contributed by atoms with E-state index in [4.69, 9.17) is 28.9 Å². The number of hydrogen-bond acceptors (Lipinski definition) is 3. The van der Waals surface area contributed by atoms with Crippen molar-refractivity contribution in [2.45, 2.75) is 4.90 Å². The lowest BCUT2D eigenvalue weighted by Crippen LogP contribution is -2.24. The summed E-state index contributed by atoms with van der Waals surface area (Å²) < 4.78 is 25.8. The number of anilines is 1. The normalized spacial score (nSPS) is 11.4.